The summed E-state index contributed by atoms with van der Waals surface area (Å²) in [5.74, 6) is 0.831. The molecule has 6 heteroatoms. The van der Waals surface area contributed by atoms with Gasteiger partial charge in [-0.25, -0.2) is 0 Å². The summed E-state index contributed by atoms with van der Waals surface area (Å²) in [5, 5.41) is 8.93. The summed E-state index contributed by atoms with van der Waals surface area (Å²) < 4.78 is 5.01. The fourth-order valence-corrected chi connectivity index (χ4v) is 1.32. The average Bonchev–Trinajstić information content (AvgIpc) is 2.75. The molecule has 88 valence electrons. The molecule has 2 rings (SSSR count). The zero-order valence-corrected chi connectivity index (χ0v) is 9.23. The van der Waals surface area contributed by atoms with Gasteiger partial charge in [0.05, 0.1) is 19.0 Å². The number of carbonyl (C=O) groups excluding carboxylic acids is 1. The van der Waals surface area contributed by atoms with E-state index in [9.17, 15) is 4.79 Å². The number of nitrogens with one attached hydrogen (secondary N) is 2. The smallest absolute Gasteiger partial charge is 0.256 e. The van der Waals surface area contributed by atoms with E-state index in [2.05, 4.69) is 15.5 Å². The minimum atomic E-state index is -0.261. The van der Waals surface area contributed by atoms with Crippen LogP contribution >= 0.6 is 0 Å². The zero-order valence-electron chi connectivity index (χ0n) is 9.23. The van der Waals surface area contributed by atoms with Gasteiger partial charge in [-0.2, -0.15) is 5.10 Å². The van der Waals surface area contributed by atoms with E-state index in [-0.39, 0.29) is 5.91 Å². The van der Waals surface area contributed by atoms with E-state index in [1.807, 2.05) is 0 Å². The molecule has 0 saturated carbocycles. The van der Waals surface area contributed by atoms with Crippen LogP contribution in [0.5, 0.6) is 5.75 Å². The molecule has 4 N–H and O–H groups in total. The van der Waals surface area contributed by atoms with Crippen LogP contribution in [0.4, 0.5) is 11.5 Å². The highest BCUT2D eigenvalue weighted by atomic mass is 16.5. The van der Waals surface area contributed by atoms with Gasteiger partial charge in [0.2, 0.25) is 0 Å². The molecule has 0 unspecified atom stereocenters. The fraction of sp³-hybridized carbons (Fsp3) is 0.0909. The SMILES string of the molecule is COc1ccc(C(=O)Nc2[nH]ncc2N)cc1. The number of methoxy groups -OCH3 is 1. The summed E-state index contributed by atoms with van der Waals surface area (Å²) in [7, 11) is 1.57. The van der Waals surface area contributed by atoms with Crippen molar-refractivity contribution in [3.63, 3.8) is 0 Å². The van der Waals surface area contributed by atoms with Gasteiger partial charge in [0.15, 0.2) is 5.82 Å². The van der Waals surface area contributed by atoms with Crippen LogP contribution < -0.4 is 15.8 Å². The number of anilines is 2. The molecule has 0 saturated heterocycles. The number of hydrogen-bond acceptors (Lipinski definition) is 4. The van der Waals surface area contributed by atoms with Crippen LogP contribution in [0.3, 0.4) is 0 Å². The van der Waals surface area contributed by atoms with Crippen LogP contribution in [0.15, 0.2) is 30.5 Å². The highest BCUT2D eigenvalue weighted by Crippen LogP contribution is 2.15. The third kappa shape index (κ3) is 2.36. The Morgan fingerprint density at radius 3 is 2.65 bits per heavy atom. The quantitative estimate of drug-likeness (QED) is 0.742. The minimum absolute atomic E-state index is 0.261. The molecule has 0 fully saturated rings. The Labute approximate surface area is 97.8 Å². The van der Waals surface area contributed by atoms with E-state index in [1.165, 1.54) is 6.20 Å². The number of H-pyrrole nitrogens is 1. The lowest BCUT2D eigenvalue weighted by molar-refractivity contribution is 0.102. The number of nitrogens with zero attached hydrogens (tertiary/aromatic N) is 1. The molecule has 1 aromatic heterocycles. The lowest BCUT2D eigenvalue weighted by atomic mass is 10.2. The molecule has 17 heavy (non-hydrogen) atoms. The van der Waals surface area contributed by atoms with Crippen LogP contribution in [0.25, 0.3) is 0 Å². The Bertz CT molecular complexity index is 519. The summed E-state index contributed by atoms with van der Waals surface area (Å²) in [6.07, 6.45) is 1.43. The number of nitrogen functional groups attached to an aromatic ring is 1. The molecule has 0 aliphatic carbocycles. The molecule has 6 nitrogen and oxygen atoms in total. The molecule has 1 heterocycles. The van der Waals surface area contributed by atoms with Crippen molar-refractivity contribution in [3.8, 4) is 5.75 Å². The second-order valence-electron chi connectivity index (χ2n) is 3.38. The van der Waals surface area contributed by atoms with Gasteiger partial charge in [-0.1, -0.05) is 0 Å². The van der Waals surface area contributed by atoms with Gasteiger partial charge in [-0.15, -0.1) is 0 Å². The van der Waals surface area contributed by atoms with Crippen molar-refractivity contribution in [2.75, 3.05) is 18.2 Å². The average molecular weight is 232 g/mol. The van der Waals surface area contributed by atoms with Gasteiger partial charge in [0.1, 0.15) is 5.75 Å². The first-order chi connectivity index (χ1) is 8.20. The van der Waals surface area contributed by atoms with Crippen LogP contribution in [-0.2, 0) is 0 Å². The minimum Gasteiger partial charge on any atom is -0.497 e. The monoisotopic (exact) mass is 232 g/mol. The van der Waals surface area contributed by atoms with Gasteiger partial charge in [-0.3, -0.25) is 9.89 Å². The molecular weight excluding hydrogens is 220 g/mol. The fourth-order valence-electron chi connectivity index (χ4n) is 1.32. The van der Waals surface area contributed by atoms with Crippen molar-refractivity contribution in [1.82, 2.24) is 10.2 Å². The van der Waals surface area contributed by atoms with E-state index in [0.29, 0.717) is 22.8 Å². The van der Waals surface area contributed by atoms with Crippen molar-refractivity contribution < 1.29 is 9.53 Å². The standard InChI is InChI=1S/C11H12N4O2/c1-17-8-4-2-7(3-5-8)11(16)14-10-9(12)6-13-15-10/h2-6H,12H2,1H3,(H2,13,14,15,16). The van der Waals surface area contributed by atoms with Crippen LogP contribution in [0.1, 0.15) is 10.4 Å². The first-order valence-electron chi connectivity index (χ1n) is 4.95. The van der Waals surface area contributed by atoms with Crippen LogP contribution in [0, 0.1) is 0 Å². The topological polar surface area (TPSA) is 93.0 Å². The number of ether oxygens (including phenoxy) is 1. The van der Waals surface area contributed by atoms with Crippen molar-refractivity contribution >= 4 is 17.4 Å². The largest absolute Gasteiger partial charge is 0.497 e. The number of rotatable bonds is 3. The third-order valence-corrected chi connectivity index (χ3v) is 2.26. The maximum atomic E-state index is 11.8. The zero-order chi connectivity index (χ0) is 12.3. The molecular formula is C11H12N4O2. The molecule has 0 radical (unpaired) electrons. The van der Waals surface area contributed by atoms with Crippen LogP contribution in [0.2, 0.25) is 0 Å². The summed E-state index contributed by atoms with van der Waals surface area (Å²) in [6, 6.07) is 6.76. The van der Waals surface area contributed by atoms with Crippen LogP contribution in [-0.4, -0.2) is 23.2 Å². The molecule has 0 spiro atoms. The number of hydrogen-bond donors (Lipinski definition) is 3. The Morgan fingerprint density at radius 1 is 1.41 bits per heavy atom. The van der Waals surface area contributed by atoms with E-state index in [0.717, 1.165) is 0 Å². The number of benzene rings is 1. The van der Waals surface area contributed by atoms with Gasteiger partial charge < -0.3 is 15.8 Å². The first-order valence-corrected chi connectivity index (χ1v) is 4.95. The lowest BCUT2D eigenvalue weighted by Crippen LogP contribution is -2.13. The van der Waals surface area contributed by atoms with E-state index < -0.39 is 0 Å². The first kappa shape index (κ1) is 11.0. The predicted molar refractivity (Wildman–Crippen MR) is 63.9 cm³/mol. The number of aromatic nitrogens is 2. The second-order valence-corrected chi connectivity index (χ2v) is 3.38. The molecule has 2 aromatic rings. The molecule has 0 atom stereocenters. The van der Waals surface area contributed by atoms with Gasteiger partial charge in [-0.05, 0) is 24.3 Å². The number of nitrogens with two attached hydrogens (primary N) is 1. The summed E-state index contributed by atoms with van der Waals surface area (Å²) >= 11 is 0. The summed E-state index contributed by atoms with van der Waals surface area (Å²) in [6.45, 7) is 0. The Hall–Kier alpha value is -2.50. The van der Waals surface area contributed by atoms with Crippen molar-refractivity contribution in [2.24, 2.45) is 0 Å². The Kier molecular flexibility index (Phi) is 2.95. The maximum Gasteiger partial charge on any atom is 0.256 e. The Balaban J connectivity index is 2.12. The normalized spacial score (nSPS) is 9.94. The molecule has 1 amide bonds. The lowest BCUT2D eigenvalue weighted by Gasteiger charge is -2.04. The summed E-state index contributed by atoms with van der Waals surface area (Å²) in [5.41, 5.74) is 6.49. The molecule has 0 bridgehead atoms. The van der Waals surface area contributed by atoms with Crippen molar-refractivity contribution in [3.05, 3.63) is 36.0 Å². The number of amides is 1. The van der Waals surface area contributed by atoms with E-state index >= 15 is 0 Å². The van der Waals surface area contributed by atoms with Gasteiger partial charge in [0.25, 0.3) is 5.91 Å². The number of aromatic amines is 1. The molecule has 0 aliphatic rings. The van der Waals surface area contributed by atoms with E-state index in [4.69, 9.17) is 10.5 Å². The molecule has 1 aromatic carbocycles. The highest BCUT2D eigenvalue weighted by molar-refractivity contribution is 6.05. The molecule has 0 aliphatic heterocycles. The Morgan fingerprint density at radius 2 is 2.12 bits per heavy atom. The van der Waals surface area contributed by atoms with Crippen molar-refractivity contribution in [1.29, 1.82) is 0 Å². The highest BCUT2D eigenvalue weighted by Gasteiger charge is 2.09. The van der Waals surface area contributed by atoms with E-state index in [1.54, 1.807) is 31.4 Å². The number of carbonyl (C=O) groups is 1. The second kappa shape index (κ2) is 4.56. The van der Waals surface area contributed by atoms with Gasteiger partial charge >= 0.3 is 0 Å². The van der Waals surface area contributed by atoms with Gasteiger partial charge in [0, 0.05) is 5.56 Å². The third-order valence-electron chi connectivity index (χ3n) is 2.26. The summed E-state index contributed by atoms with van der Waals surface area (Å²) in [4.78, 5) is 11.8. The maximum absolute atomic E-state index is 11.8. The predicted octanol–water partition coefficient (Wildman–Crippen LogP) is 1.25. The van der Waals surface area contributed by atoms with Crippen molar-refractivity contribution in [2.45, 2.75) is 0 Å².